The van der Waals surface area contributed by atoms with E-state index in [1.807, 2.05) is 0 Å². The Kier molecular flexibility index (Phi) is 4.35. The molecular weight excluding hydrogens is 368 g/mol. The van der Waals surface area contributed by atoms with Crippen LogP contribution in [0.15, 0.2) is 27.5 Å². The van der Waals surface area contributed by atoms with Crippen LogP contribution in [-0.4, -0.2) is 28.8 Å². The molecule has 0 atom stereocenters. The van der Waals surface area contributed by atoms with Gasteiger partial charge in [-0.1, -0.05) is 6.07 Å². The summed E-state index contributed by atoms with van der Waals surface area (Å²) in [6.45, 7) is 0. The molecule has 0 aliphatic carbocycles. The first-order valence-corrected chi connectivity index (χ1v) is 8.63. The Balaban J connectivity index is 2.05. The topological polar surface area (TPSA) is 72.0 Å². The van der Waals surface area contributed by atoms with E-state index in [1.54, 1.807) is 30.0 Å². The highest BCUT2D eigenvalue weighted by Crippen LogP contribution is 2.26. The van der Waals surface area contributed by atoms with Crippen molar-refractivity contribution in [1.82, 2.24) is 9.97 Å². The third kappa shape index (κ3) is 2.83. The van der Waals surface area contributed by atoms with E-state index in [9.17, 15) is 9.59 Å². The van der Waals surface area contributed by atoms with Gasteiger partial charge in [-0.15, -0.1) is 0 Å². The number of halogens is 1. The van der Waals surface area contributed by atoms with Crippen LogP contribution in [0.5, 0.6) is 0 Å². The summed E-state index contributed by atoms with van der Waals surface area (Å²) < 4.78 is 5.32. The fraction of sp³-hybridized carbons (Fsp3) is 0.267. The number of thioether (sulfide) groups is 1. The highest BCUT2D eigenvalue weighted by molar-refractivity contribution is 9.10. The van der Waals surface area contributed by atoms with Crippen molar-refractivity contribution in [2.24, 2.45) is 0 Å². The summed E-state index contributed by atoms with van der Waals surface area (Å²) >= 11 is 5.10. The number of methoxy groups -OCH3 is 1. The van der Waals surface area contributed by atoms with Gasteiger partial charge in [-0.2, -0.15) is 11.8 Å². The van der Waals surface area contributed by atoms with Gasteiger partial charge < -0.3 is 9.72 Å². The molecule has 2 heterocycles. The van der Waals surface area contributed by atoms with Crippen LogP contribution in [0, 0.1) is 0 Å². The van der Waals surface area contributed by atoms with Crippen molar-refractivity contribution in [3.05, 3.63) is 49.8 Å². The predicted octanol–water partition coefficient (Wildman–Crippen LogP) is 2.78. The molecule has 0 amide bonds. The van der Waals surface area contributed by atoms with Crippen LogP contribution in [0.3, 0.4) is 0 Å². The number of fused-ring (bicyclic) bond motifs is 1. The lowest BCUT2D eigenvalue weighted by Crippen LogP contribution is -2.21. The Bertz CT molecular complexity index is 804. The zero-order chi connectivity index (χ0) is 15.7. The summed E-state index contributed by atoms with van der Waals surface area (Å²) in [5.74, 6) is 1.80. The third-order valence-electron chi connectivity index (χ3n) is 3.48. The van der Waals surface area contributed by atoms with Gasteiger partial charge in [-0.3, -0.25) is 4.79 Å². The first kappa shape index (κ1) is 15.3. The molecule has 0 radical (unpaired) electrons. The summed E-state index contributed by atoms with van der Waals surface area (Å²) in [7, 11) is 1.34. The number of carbonyl (C=O) groups excluding carboxylic acids is 1. The van der Waals surface area contributed by atoms with Crippen LogP contribution in [0.2, 0.25) is 0 Å². The maximum atomic E-state index is 12.2. The number of hydrogen-bond acceptors (Lipinski definition) is 5. The number of nitrogens with one attached hydrogen (secondary N) is 1. The van der Waals surface area contributed by atoms with Crippen LogP contribution in [0.25, 0.3) is 11.4 Å². The van der Waals surface area contributed by atoms with Crippen LogP contribution in [0.4, 0.5) is 0 Å². The monoisotopic (exact) mass is 380 g/mol. The van der Waals surface area contributed by atoms with E-state index in [1.165, 1.54) is 7.11 Å². The SMILES string of the molecule is COC(=O)c1ccc(-c2nc3c(c(=O)[nH]2)CSCC3)cc1Br. The van der Waals surface area contributed by atoms with Gasteiger partial charge >= 0.3 is 5.97 Å². The number of carbonyl (C=O) groups is 1. The lowest BCUT2D eigenvalue weighted by atomic mass is 10.1. The van der Waals surface area contributed by atoms with Crippen molar-refractivity contribution in [3.63, 3.8) is 0 Å². The molecule has 0 saturated carbocycles. The molecule has 1 aliphatic rings. The minimum absolute atomic E-state index is 0.0830. The largest absolute Gasteiger partial charge is 0.465 e. The average molecular weight is 381 g/mol. The zero-order valence-corrected chi connectivity index (χ0v) is 14.2. The minimum atomic E-state index is -0.414. The van der Waals surface area contributed by atoms with Gasteiger partial charge in [0.2, 0.25) is 0 Å². The quantitative estimate of drug-likeness (QED) is 0.810. The second-order valence-corrected chi connectivity index (χ2v) is 6.79. The van der Waals surface area contributed by atoms with Gasteiger partial charge in [-0.25, -0.2) is 9.78 Å². The number of ether oxygens (including phenoxy) is 1. The number of aryl methyl sites for hydroxylation is 1. The van der Waals surface area contributed by atoms with E-state index < -0.39 is 5.97 Å². The van der Waals surface area contributed by atoms with Crippen LogP contribution >= 0.6 is 27.7 Å². The Morgan fingerprint density at radius 1 is 1.45 bits per heavy atom. The molecule has 7 heteroatoms. The fourth-order valence-corrected chi connectivity index (χ4v) is 3.84. The normalized spacial score (nSPS) is 13.5. The van der Waals surface area contributed by atoms with E-state index in [4.69, 9.17) is 4.74 Å². The molecule has 5 nitrogen and oxygen atoms in total. The average Bonchev–Trinajstić information content (AvgIpc) is 2.54. The van der Waals surface area contributed by atoms with Gasteiger partial charge in [0, 0.05) is 21.4 Å². The molecule has 2 aromatic rings. The molecule has 0 spiro atoms. The van der Waals surface area contributed by atoms with Crippen LogP contribution in [-0.2, 0) is 16.9 Å². The maximum Gasteiger partial charge on any atom is 0.339 e. The number of nitrogens with zero attached hydrogens (tertiary/aromatic N) is 1. The standard InChI is InChI=1S/C15H13BrN2O3S/c1-21-15(20)9-3-2-8(6-11(9)16)13-17-12-4-5-22-7-10(12)14(19)18-13/h2-3,6H,4-5,7H2,1H3,(H,17,18,19). The fourth-order valence-electron chi connectivity index (χ4n) is 2.32. The molecular formula is C15H13BrN2O3S. The van der Waals surface area contributed by atoms with E-state index in [-0.39, 0.29) is 5.56 Å². The number of esters is 1. The Morgan fingerprint density at radius 3 is 3.00 bits per heavy atom. The van der Waals surface area contributed by atoms with E-state index in [0.717, 1.165) is 29.0 Å². The van der Waals surface area contributed by atoms with Crippen LogP contribution < -0.4 is 5.56 Å². The summed E-state index contributed by atoms with van der Waals surface area (Å²) in [4.78, 5) is 31.2. The van der Waals surface area contributed by atoms with Crippen molar-refractivity contribution in [2.45, 2.75) is 12.2 Å². The Hall–Kier alpha value is -1.60. The number of hydrogen-bond donors (Lipinski definition) is 1. The van der Waals surface area contributed by atoms with E-state index >= 15 is 0 Å². The van der Waals surface area contributed by atoms with E-state index in [0.29, 0.717) is 21.6 Å². The van der Waals surface area contributed by atoms with Crippen molar-refractivity contribution < 1.29 is 9.53 Å². The summed E-state index contributed by atoms with van der Waals surface area (Å²) in [5, 5.41) is 0. The van der Waals surface area contributed by atoms with Gasteiger partial charge in [0.25, 0.3) is 5.56 Å². The number of aromatic amines is 1. The predicted molar refractivity (Wildman–Crippen MR) is 89.2 cm³/mol. The first-order valence-electron chi connectivity index (χ1n) is 6.68. The van der Waals surface area contributed by atoms with Crippen molar-refractivity contribution in [3.8, 4) is 11.4 Å². The maximum absolute atomic E-state index is 12.2. The molecule has 3 rings (SSSR count). The number of aromatic nitrogens is 2. The lowest BCUT2D eigenvalue weighted by Gasteiger charge is -2.14. The molecule has 1 aromatic heterocycles. The van der Waals surface area contributed by atoms with Crippen molar-refractivity contribution in [2.75, 3.05) is 12.9 Å². The van der Waals surface area contributed by atoms with Crippen molar-refractivity contribution in [1.29, 1.82) is 0 Å². The number of benzene rings is 1. The molecule has 22 heavy (non-hydrogen) atoms. The number of rotatable bonds is 2. The molecule has 1 aromatic carbocycles. The highest BCUT2D eigenvalue weighted by atomic mass is 79.9. The lowest BCUT2D eigenvalue weighted by molar-refractivity contribution is 0.0599. The molecule has 1 N–H and O–H groups in total. The number of H-pyrrole nitrogens is 1. The summed E-state index contributed by atoms with van der Waals surface area (Å²) in [6, 6.07) is 5.16. The first-order chi connectivity index (χ1) is 10.6. The van der Waals surface area contributed by atoms with Gasteiger partial charge in [0.15, 0.2) is 0 Å². The van der Waals surface area contributed by atoms with Crippen molar-refractivity contribution >= 4 is 33.7 Å². The molecule has 0 fully saturated rings. The second-order valence-electron chi connectivity index (χ2n) is 4.83. The Morgan fingerprint density at radius 2 is 2.27 bits per heavy atom. The van der Waals surface area contributed by atoms with Gasteiger partial charge in [0.1, 0.15) is 5.82 Å². The summed E-state index contributed by atoms with van der Waals surface area (Å²) in [6.07, 6.45) is 0.804. The van der Waals surface area contributed by atoms with Crippen LogP contribution in [0.1, 0.15) is 21.6 Å². The molecule has 0 unspecified atom stereocenters. The molecule has 0 bridgehead atoms. The zero-order valence-electron chi connectivity index (χ0n) is 11.8. The van der Waals surface area contributed by atoms with Gasteiger partial charge in [0.05, 0.1) is 18.4 Å². The van der Waals surface area contributed by atoms with Gasteiger partial charge in [-0.05, 0) is 40.2 Å². The third-order valence-corrected chi connectivity index (χ3v) is 5.12. The Labute approximate surface area is 139 Å². The molecule has 1 aliphatic heterocycles. The molecule has 0 saturated heterocycles. The highest BCUT2D eigenvalue weighted by Gasteiger charge is 2.17. The molecule has 114 valence electrons. The summed E-state index contributed by atoms with van der Waals surface area (Å²) in [5.41, 5.74) is 2.73. The minimum Gasteiger partial charge on any atom is -0.465 e. The second kappa shape index (κ2) is 6.26. The smallest absolute Gasteiger partial charge is 0.339 e. The van der Waals surface area contributed by atoms with E-state index in [2.05, 4.69) is 25.9 Å².